The Hall–Kier alpha value is -2.87. The summed E-state index contributed by atoms with van der Waals surface area (Å²) in [5.41, 5.74) is 2.58. The molecule has 2 heteroatoms. The van der Waals surface area contributed by atoms with Gasteiger partial charge in [0.15, 0.2) is 0 Å². The van der Waals surface area contributed by atoms with Gasteiger partial charge in [0.1, 0.15) is 6.10 Å². The summed E-state index contributed by atoms with van der Waals surface area (Å²) in [4.78, 5) is 12.1. The normalized spacial score (nSPS) is 20.7. The van der Waals surface area contributed by atoms with Crippen LogP contribution in [0.1, 0.15) is 23.1 Å². The molecule has 0 radical (unpaired) electrons. The average Bonchev–Trinajstić information content (AvgIpc) is 2.90. The summed E-state index contributed by atoms with van der Waals surface area (Å²) in [6, 6.07) is 24.3. The molecule has 112 valence electrons. The van der Waals surface area contributed by atoms with E-state index in [1.807, 2.05) is 42.5 Å². The van der Waals surface area contributed by atoms with Crippen molar-refractivity contribution in [2.75, 3.05) is 0 Å². The summed E-state index contributed by atoms with van der Waals surface area (Å²) in [6.07, 6.45) is -0.308. The van der Waals surface area contributed by atoms with Crippen LogP contribution in [0.3, 0.4) is 0 Å². The van der Waals surface area contributed by atoms with E-state index in [-0.39, 0.29) is 18.0 Å². The Morgan fingerprint density at radius 1 is 0.783 bits per heavy atom. The van der Waals surface area contributed by atoms with E-state index in [2.05, 4.69) is 36.9 Å². The van der Waals surface area contributed by atoms with Crippen LogP contribution >= 0.6 is 0 Å². The number of hydrogen-bond donors (Lipinski definition) is 0. The minimum atomic E-state index is -0.308. The maximum atomic E-state index is 12.1. The molecule has 0 aromatic heterocycles. The molecule has 1 aliphatic rings. The minimum Gasteiger partial charge on any atom is -0.453 e. The number of ether oxygens (including phenoxy) is 1. The monoisotopic (exact) mass is 300 g/mol. The lowest BCUT2D eigenvalue weighted by molar-refractivity contribution is -0.139. The lowest BCUT2D eigenvalue weighted by atomic mass is 9.85. The number of carbonyl (C=O) groups excluding carboxylic acids is 1. The molecular formula is C21H16O2. The van der Waals surface area contributed by atoms with Gasteiger partial charge in [0.2, 0.25) is 0 Å². The second-order valence-electron chi connectivity index (χ2n) is 5.85. The molecule has 1 heterocycles. The maximum absolute atomic E-state index is 12.1. The van der Waals surface area contributed by atoms with E-state index < -0.39 is 0 Å². The number of cyclic esters (lactones) is 1. The molecule has 0 unspecified atom stereocenters. The van der Waals surface area contributed by atoms with Gasteiger partial charge in [-0.15, -0.1) is 0 Å². The molecule has 0 bridgehead atoms. The van der Waals surface area contributed by atoms with Crippen molar-refractivity contribution in [3.63, 3.8) is 0 Å². The molecule has 4 rings (SSSR count). The van der Waals surface area contributed by atoms with Crippen LogP contribution in [0.25, 0.3) is 10.8 Å². The van der Waals surface area contributed by atoms with Crippen LogP contribution < -0.4 is 0 Å². The molecule has 0 spiro atoms. The third kappa shape index (κ3) is 2.33. The molecule has 3 aromatic carbocycles. The molecule has 0 amide bonds. The van der Waals surface area contributed by atoms with Gasteiger partial charge >= 0.3 is 5.97 Å². The van der Waals surface area contributed by atoms with Crippen molar-refractivity contribution in [3.8, 4) is 0 Å². The fourth-order valence-corrected chi connectivity index (χ4v) is 3.25. The third-order valence-electron chi connectivity index (χ3n) is 4.44. The van der Waals surface area contributed by atoms with Crippen LogP contribution in [-0.2, 0) is 9.53 Å². The van der Waals surface area contributed by atoms with Crippen LogP contribution in [0.4, 0.5) is 0 Å². The summed E-state index contributed by atoms with van der Waals surface area (Å²) in [5, 5.41) is 2.34. The average molecular weight is 300 g/mol. The Bertz CT molecular complexity index is 896. The molecule has 2 atom stereocenters. The number of esters is 1. The number of fused-ring (bicyclic) bond motifs is 1. The molecule has 1 fully saturated rings. The lowest BCUT2D eigenvalue weighted by Crippen LogP contribution is -2.07. The van der Waals surface area contributed by atoms with Crippen LogP contribution in [0.5, 0.6) is 0 Å². The summed E-state index contributed by atoms with van der Waals surface area (Å²) in [6.45, 7) is 3.97. The van der Waals surface area contributed by atoms with Crippen molar-refractivity contribution in [1.82, 2.24) is 0 Å². The molecule has 0 aliphatic carbocycles. The van der Waals surface area contributed by atoms with Crippen molar-refractivity contribution < 1.29 is 9.53 Å². The highest BCUT2D eigenvalue weighted by molar-refractivity contribution is 5.93. The number of carbonyl (C=O) groups is 1. The van der Waals surface area contributed by atoms with E-state index >= 15 is 0 Å². The number of benzene rings is 3. The highest BCUT2D eigenvalue weighted by Gasteiger charge is 2.40. The summed E-state index contributed by atoms with van der Waals surface area (Å²) in [5.74, 6) is -0.452. The molecule has 23 heavy (non-hydrogen) atoms. The van der Waals surface area contributed by atoms with Gasteiger partial charge in [-0.2, -0.15) is 0 Å². The Balaban J connectivity index is 1.82. The van der Waals surface area contributed by atoms with Crippen molar-refractivity contribution in [2.45, 2.75) is 12.0 Å². The fourth-order valence-electron chi connectivity index (χ4n) is 3.25. The highest BCUT2D eigenvalue weighted by Crippen LogP contribution is 2.45. The zero-order chi connectivity index (χ0) is 15.8. The quantitative estimate of drug-likeness (QED) is 0.503. The minimum absolute atomic E-state index is 0.144. The summed E-state index contributed by atoms with van der Waals surface area (Å²) < 4.78 is 5.60. The fraction of sp³-hybridized carbons (Fsp3) is 0.0952. The van der Waals surface area contributed by atoms with Gasteiger partial charge in [0.25, 0.3) is 0 Å². The van der Waals surface area contributed by atoms with E-state index in [4.69, 9.17) is 4.74 Å². The van der Waals surface area contributed by atoms with E-state index in [1.165, 1.54) is 5.39 Å². The summed E-state index contributed by atoms with van der Waals surface area (Å²) >= 11 is 0. The molecule has 1 saturated heterocycles. The van der Waals surface area contributed by atoms with Gasteiger partial charge in [0.05, 0.1) is 5.92 Å². The largest absolute Gasteiger partial charge is 0.453 e. The van der Waals surface area contributed by atoms with Crippen molar-refractivity contribution >= 4 is 16.7 Å². The predicted molar refractivity (Wildman–Crippen MR) is 91.1 cm³/mol. The predicted octanol–water partition coefficient (Wildman–Crippen LogP) is 4.78. The van der Waals surface area contributed by atoms with Gasteiger partial charge in [-0.25, -0.2) is 4.79 Å². The smallest absolute Gasteiger partial charge is 0.334 e. The van der Waals surface area contributed by atoms with Crippen LogP contribution in [0.2, 0.25) is 0 Å². The van der Waals surface area contributed by atoms with E-state index in [1.54, 1.807) is 0 Å². The van der Waals surface area contributed by atoms with E-state index in [0.29, 0.717) is 5.57 Å². The van der Waals surface area contributed by atoms with Gasteiger partial charge in [-0.3, -0.25) is 0 Å². The van der Waals surface area contributed by atoms with Crippen LogP contribution in [-0.4, -0.2) is 5.97 Å². The molecule has 3 aromatic rings. The van der Waals surface area contributed by atoms with Gasteiger partial charge in [0, 0.05) is 5.57 Å². The molecule has 0 saturated carbocycles. The second kappa shape index (κ2) is 5.40. The lowest BCUT2D eigenvalue weighted by Gasteiger charge is -2.19. The van der Waals surface area contributed by atoms with E-state index in [0.717, 1.165) is 16.5 Å². The third-order valence-corrected chi connectivity index (χ3v) is 4.44. The standard InChI is InChI=1S/C21H16O2/c1-14-19(18-12-11-15-7-5-6-10-17(15)13-18)20(23-21(14)22)16-8-3-2-4-9-16/h2-13,19-20H,1H2/t19-,20-/m1/s1. The van der Waals surface area contributed by atoms with Gasteiger partial charge in [-0.1, -0.05) is 79.4 Å². The SMILES string of the molecule is C=C1C(=O)O[C@H](c2ccccc2)[C@H]1c1ccc2ccccc2c1. The molecule has 1 aliphatic heterocycles. The Morgan fingerprint density at radius 2 is 1.48 bits per heavy atom. The highest BCUT2D eigenvalue weighted by atomic mass is 16.6. The van der Waals surface area contributed by atoms with Crippen molar-refractivity contribution in [3.05, 3.63) is 96.1 Å². The second-order valence-corrected chi connectivity index (χ2v) is 5.85. The Morgan fingerprint density at radius 3 is 2.26 bits per heavy atom. The van der Waals surface area contributed by atoms with Crippen LogP contribution in [0, 0.1) is 0 Å². The van der Waals surface area contributed by atoms with Crippen molar-refractivity contribution in [1.29, 1.82) is 0 Å². The maximum Gasteiger partial charge on any atom is 0.334 e. The number of hydrogen-bond acceptors (Lipinski definition) is 2. The van der Waals surface area contributed by atoms with E-state index in [9.17, 15) is 4.79 Å². The molecule has 2 nitrogen and oxygen atoms in total. The first-order valence-electron chi connectivity index (χ1n) is 7.67. The first-order chi connectivity index (χ1) is 11.2. The van der Waals surface area contributed by atoms with Gasteiger partial charge in [-0.05, 0) is 21.9 Å². The number of rotatable bonds is 2. The van der Waals surface area contributed by atoms with Gasteiger partial charge < -0.3 is 4.74 Å². The Labute approximate surface area is 135 Å². The Kier molecular flexibility index (Phi) is 3.23. The molecular weight excluding hydrogens is 284 g/mol. The topological polar surface area (TPSA) is 26.3 Å². The zero-order valence-corrected chi connectivity index (χ0v) is 12.6. The summed E-state index contributed by atoms with van der Waals surface area (Å²) in [7, 11) is 0. The van der Waals surface area contributed by atoms with Crippen LogP contribution in [0.15, 0.2) is 84.9 Å². The molecule has 0 N–H and O–H groups in total. The zero-order valence-electron chi connectivity index (χ0n) is 12.6. The van der Waals surface area contributed by atoms with Crippen molar-refractivity contribution in [2.24, 2.45) is 0 Å². The first kappa shape index (κ1) is 13.8. The first-order valence-corrected chi connectivity index (χ1v) is 7.67.